The summed E-state index contributed by atoms with van der Waals surface area (Å²) in [7, 11) is 0. The number of furan rings is 1. The van der Waals surface area contributed by atoms with E-state index in [4.69, 9.17) is 4.42 Å². The minimum absolute atomic E-state index is 0.339. The Morgan fingerprint density at radius 3 is 2.68 bits per heavy atom. The normalized spacial score (nSPS) is 11.8. The van der Waals surface area contributed by atoms with Crippen LogP contribution < -0.4 is 5.32 Å². The number of alkyl halides is 3. The van der Waals surface area contributed by atoms with Gasteiger partial charge >= 0.3 is 6.18 Å². The van der Waals surface area contributed by atoms with Crippen LogP contribution in [0.1, 0.15) is 5.76 Å². The Morgan fingerprint density at radius 2 is 2.00 bits per heavy atom. The van der Waals surface area contributed by atoms with Gasteiger partial charge in [0.1, 0.15) is 5.76 Å². The molecule has 0 aliphatic rings. The lowest BCUT2D eigenvalue weighted by atomic mass is 10.3. The van der Waals surface area contributed by atoms with E-state index in [-0.39, 0.29) is 0 Å². The van der Waals surface area contributed by atoms with Crippen molar-refractivity contribution in [2.24, 2.45) is 0 Å². The zero-order chi connectivity index (χ0) is 16.0. The first-order valence-electron chi connectivity index (χ1n) is 6.25. The number of halogens is 3. The highest BCUT2D eigenvalue weighted by Gasteiger charge is 2.27. The third kappa shape index (κ3) is 5.33. The summed E-state index contributed by atoms with van der Waals surface area (Å²) in [5.74, 6) is -0.950. The second kappa shape index (κ2) is 7.22. The maximum Gasteiger partial charge on any atom is 0.398 e. The van der Waals surface area contributed by atoms with Crippen molar-refractivity contribution >= 4 is 29.4 Å². The smallest absolute Gasteiger partial charge is 0.398 e. The first-order valence-corrected chi connectivity index (χ1v) is 7.24. The number of carbonyl (C=O) groups is 1. The van der Waals surface area contributed by atoms with Gasteiger partial charge in [-0.25, -0.2) is 0 Å². The minimum Gasteiger partial charge on any atom is -0.465 e. The largest absolute Gasteiger partial charge is 0.465 e. The maximum atomic E-state index is 12.3. The van der Waals surface area contributed by atoms with Crippen LogP contribution in [0.5, 0.6) is 0 Å². The van der Waals surface area contributed by atoms with Gasteiger partial charge in [-0.05, 0) is 30.3 Å². The highest BCUT2D eigenvalue weighted by atomic mass is 32.2. The van der Waals surface area contributed by atoms with Gasteiger partial charge in [0.05, 0.1) is 17.7 Å². The van der Waals surface area contributed by atoms with Gasteiger partial charge in [-0.15, -0.1) is 11.8 Å². The Hall–Kier alpha value is -2.15. The second-order valence-corrected chi connectivity index (χ2v) is 5.26. The van der Waals surface area contributed by atoms with Crippen molar-refractivity contribution in [2.75, 3.05) is 11.1 Å². The maximum absolute atomic E-state index is 12.3. The zero-order valence-electron chi connectivity index (χ0n) is 11.3. The Morgan fingerprint density at radius 1 is 1.23 bits per heavy atom. The predicted molar refractivity (Wildman–Crippen MR) is 79.6 cm³/mol. The zero-order valence-corrected chi connectivity index (χ0v) is 12.1. The molecule has 2 rings (SSSR count). The van der Waals surface area contributed by atoms with Crippen molar-refractivity contribution in [3.63, 3.8) is 0 Å². The quantitative estimate of drug-likeness (QED) is 0.645. The van der Waals surface area contributed by atoms with Crippen molar-refractivity contribution in [3.8, 4) is 0 Å². The molecule has 1 amide bonds. The van der Waals surface area contributed by atoms with Crippen LogP contribution in [0.15, 0.2) is 58.1 Å². The average molecular weight is 327 g/mol. The van der Waals surface area contributed by atoms with Crippen LogP contribution in [0.3, 0.4) is 0 Å². The summed E-state index contributed by atoms with van der Waals surface area (Å²) in [4.78, 5) is 12.2. The molecule has 0 aliphatic carbocycles. The molecule has 1 heterocycles. The Labute approximate surface area is 129 Å². The lowest BCUT2D eigenvalue weighted by molar-refractivity contribution is -0.112. The number of nitrogens with one attached hydrogen (secondary N) is 1. The van der Waals surface area contributed by atoms with Crippen LogP contribution in [-0.2, 0) is 4.79 Å². The topological polar surface area (TPSA) is 42.2 Å². The monoisotopic (exact) mass is 327 g/mol. The number of para-hydroxylation sites is 1. The first kappa shape index (κ1) is 16.2. The van der Waals surface area contributed by atoms with Crippen molar-refractivity contribution in [1.29, 1.82) is 0 Å². The second-order valence-electron chi connectivity index (χ2n) is 4.24. The van der Waals surface area contributed by atoms with Gasteiger partial charge in [0.15, 0.2) is 0 Å². The summed E-state index contributed by atoms with van der Waals surface area (Å²) in [6, 6.07) is 9.70. The fourth-order valence-electron chi connectivity index (χ4n) is 1.57. The summed E-state index contributed by atoms with van der Waals surface area (Å²) in [5, 5.41) is 2.55. The molecule has 116 valence electrons. The van der Waals surface area contributed by atoms with Gasteiger partial charge in [0, 0.05) is 11.0 Å². The number of benzene rings is 1. The van der Waals surface area contributed by atoms with Crippen LogP contribution in [-0.4, -0.2) is 17.8 Å². The van der Waals surface area contributed by atoms with Gasteiger partial charge in [-0.1, -0.05) is 12.1 Å². The summed E-state index contributed by atoms with van der Waals surface area (Å²) < 4.78 is 41.9. The van der Waals surface area contributed by atoms with Gasteiger partial charge in [-0.3, -0.25) is 4.79 Å². The fourth-order valence-corrected chi connectivity index (χ4v) is 2.34. The highest BCUT2D eigenvalue weighted by Crippen LogP contribution is 2.32. The Balaban J connectivity index is 2.01. The van der Waals surface area contributed by atoms with E-state index < -0.39 is 17.8 Å². The molecular formula is C15H12F3NO2S. The molecule has 0 atom stereocenters. The van der Waals surface area contributed by atoms with Gasteiger partial charge in [-0.2, -0.15) is 13.2 Å². The lowest BCUT2D eigenvalue weighted by Gasteiger charge is -2.10. The third-order valence-electron chi connectivity index (χ3n) is 2.48. The summed E-state index contributed by atoms with van der Waals surface area (Å²) in [5.41, 5.74) is 0.339. The number of anilines is 1. The number of hydrogen-bond donors (Lipinski definition) is 1. The molecule has 0 saturated carbocycles. The first-order chi connectivity index (χ1) is 10.4. The van der Waals surface area contributed by atoms with Crippen molar-refractivity contribution < 1.29 is 22.4 Å². The van der Waals surface area contributed by atoms with E-state index in [1.54, 1.807) is 30.3 Å². The number of thioether (sulfide) groups is 1. The Kier molecular flexibility index (Phi) is 5.32. The van der Waals surface area contributed by atoms with E-state index in [1.807, 2.05) is 0 Å². The van der Waals surface area contributed by atoms with Crippen molar-refractivity contribution in [1.82, 2.24) is 0 Å². The molecule has 1 N–H and O–H groups in total. The molecule has 0 saturated heterocycles. The molecule has 0 bridgehead atoms. The molecule has 1 aromatic heterocycles. The number of carbonyl (C=O) groups excluding carboxylic acids is 1. The fraction of sp³-hybridized carbons (Fsp3) is 0.133. The van der Waals surface area contributed by atoms with E-state index in [1.165, 1.54) is 24.5 Å². The molecule has 0 spiro atoms. The standard InChI is InChI=1S/C15H12F3NO2S/c16-15(17,18)10-22-13-6-2-1-5-12(13)19-14(20)8-7-11-4-3-9-21-11/h1-9H,10H2,(H,19,20). The molecule has 7 heteroatoms. The van der Waals surface area contributed by atoms with E-state index in [0.29, 0.717) is 28.1 Å². The third-order valence-corrected chi connectivity index (χ3v) is 3.62. The van der Waals surface area contributed by atoms with E-state index in [9.17, 15) is 18.0 Å². The van der Waals surface area contributed by atoms with Crippen LogP contribution in [0.2, 0.25) is 0 Å². The van der Waals surface area contributed by atoms with Crippen LogP contribution in [0, 0.1) is 0 Å². The number of hydrogen-bond acceptors (Lipinski definition) is 3. The van der Waals surface area contributed by atoms with Gasteiger partial charge < -0.3 is 9.73 Å². The molecule has 0 unspecified atom stereocenters. The van der Waals surface area contributed by atoms with E-state index in [0.717, 1.165) is 0 Å². The highest BCUT2D eigenvalue weighted by molar-refractivity contribution is 7.99. The Bertz CT molecular complexity index is 651. The number of rotatable bonds is 5. The predicted octanol–water partition coefficient (Wildman–Crippen LogP) is 4.59. The van der Waals surface area contributed by atoms with Gasteiger partial charge in [0.25, 0.3) is 0 Å². The molecule has 1 aromatic carbocycles. The number of amides is 1. The van der Waals surface area contributed by atoms with Crippen LogP contribution in [0.25, 0.3) is 6.08 Å². The molecular weight excluding hydrogens is 315 g/mol. The molecule has 2 aromatic rings. The molecule has 0 fully saturated rings. The molecule has 22 heavy (non-hydrogen) atoms. The SMILES string of the molecule is O=C(C=Cc1ccco1)Nc1ccccc1SCC(F)(F)F. The molecule has 3 nitrogen and oxygen atoms in total. The summed E-state index contributed by atoms with van der Waals surface area (Å²) in [6.45, 7) is 0. The minimum atomic E-state index is -4.26. The van der Waals surface area contributed by atoms with Crippen LogP contribution in [0.4, 0.5) is 18.9 Å². The summed E-state index contributed by atoms with van der Waals surface area (Å²) in [6.07, 6.45) is -0.0630. The van der Waals surface area contributed by atoms with Gasteiger partial charge in [0.2, 0.25) is 5.91 Å². The molecule has 0 radical (unpaired) electrons. The van der Waals surface area contributed by atoms with E-state index in [2.05, 4.69) is 5.32 Å². The van der Waals surface area contributed by atoms with Crippen molar-refractivity contribution in [3.05, 3.63) is 54.5 Å². The summed E-state index contributed by atoms with van der Waals surface area (Å²) >= 11 is 0.629. The lowest BCUT2D eigenvalue weighted by Crippen LogP contribution is -2.12. The van der Waals surface area contributed by atoms with E-state index >= 15 is 0 Å². The average Bonchev–Trinajstić information content (AvgIpc) is 2.97. The molecule has 0 aliphatic heterocycles. The van der Waals surface area contributed by atoms with Crippen molar-refractivity contribution in [2.45, 2.75) is 11.1 Å². The van der Waals surface area contributed by atoms with Crippen LogP contribution >= 0.6 is 11.8 Å².